The van der Waals surface area contributed by atoms with Crippen LogP contribution >= 0.6 is 0 Å². The Balaban J connectivity index is 2.01. The number of fused-ring (bicyclic) bond motifs is 1. The summed E-state index contributed by atoms with van der Waals surface area (Å²) >= 11 is 0. The molecule has 2 N–H and O–H groups in total. The second-order valence-corrected chi connectivity index (χ2v) is 14.0. The van der Waals surface area contributed by atoms with Gasteiger partial charge in [-0.05, 0) is 36.2 Å². The fourth-order valence-electron chi connectivity index (χ4n) is 3.49. The van der Waals surface area contributed by atoms with Gasteiger partial charge in [-0.3, -0.25) is 0 Å². The molecule has 3 aromatic rings. The monoisotopic (exact) mass is 411 g/mol. The molecule has 7 heteroatoms. The molecule has 0 radical (unpaired) electrons. The number of nitrogen functional groups attached to an aromatic ring is 1. The summed E-state index contributed by atoms with van der Waals surface area (Å²) in [6.45, 7) is 15.8. The molecule has 0 bridgehead atoms. The van der Waals surface area contributed by atoms with Gasteiger partial charge >= 0.3 is 0 Å². The van der Waals surface area contributed by atoms with E-state index >= 15 is 0 Å². The second kappa shape index (κ2) is 7.78. The number of nitrogens with two attached hydrogens (primary N) is 1. The van der Waals surface area contributed by atoms with Gasteiger partial charge in [-0.1, -0.05) is 52.8 Å². The fourth-order valence-corrected chi connectivity index (χ4v) is 4.53. The van der Waals surface area contributed by atoms with Gasteiger partial charge in [0.25, 0.3) is 0 Å². The Morgan fingerprint density at radius 2 is 1.83 bits per heavy atom. The molecule has 0 aliphatic heterocycles. The summed E-state index contributed by atoms with van der Waals surface area (Å²) < 4.78 is 8.83. The summed E-state index contributed by atoms with van der Waals surface area (Å²) in [5.74, 6) is 1.62. The van der Waals surface area contributed by atoms with E-state index in [-0.39, 0.29) is 17.0 Å². The normalized spacial score (nSPS) is 14.7. The van der Waals surface area contributed by atoms with Crippen LogP contribution in [0.2, 0.25) is 18.1 Å². The Morgan fingerprint density at radius 1 is 1.14 bits per heavy atom. The zero-order valence-electron chi connectivity index (χ0n) is 18.6. The molecule has 156 valence electrons. The number of hydrogen-bond acceptors (Lipinski definition) is 5. The van der Waals surface area contributed by atoms with Crippen LogP contribution in [0.15, 0.2) is 36.9 Å². The highest BCUT2D eigenvalue weighted by Gasteiger charge is 2.39. The Kier molecular flexibility index (Phi) is 5.71. The van der Waals surface area contributed by atoms with Crippen molar-refractivity contribution in [2.75, 3.05) is 5.73 Å². The SMILES string of the molecule is CC[C@H]([C@@H](C)c1ccccc1O[Si](C)(C)C(C)(C)C)n1cnc2c(N)ncnc21. The highest BCUT2D eigenvalue weighted by Crippen LogP contribution is 2.42. The molecule has 6 nitrogen and oxygen atoms in total. The van der Waals surface area contributed by atoms with Gasteiger partial charge in [-0.15, -0.1) is 0 Å². The number of nitrogens with zero attached hydrogens (tertiary/aromatic N) is 4. The lowest BCUT2D eigenvalue weighted by atomic mass is 9.91. The summed E-state index contributed by atoms with van der Waals surface area (Å²) in [4.78, 5) is 13.0. The molecule has 0 amide bonds. The zero-order valence-corrected chi connectivity index (χ0v) is 19.6. The molecule has 0 aliphatic rings. The molecule has 2 atom stereocenters. The molecular formula is C22H33N5OSi. The molecule has 2 heterocycles. The lowest BCUT2D eigenvalue weighted by Crippen LogP contribution is -2.44. The van der Waals surface area contributed by atoms with E-state index in [1.54, 1.807) is 0 Å². The van der Waals surface area contributed by atoms with Crippen LogP contribution in [0.5, 0.6) is 5.75 Å². The van der Waals surface area contributed by atoms with Gasteiger partial charge in [0, 0.05) is 12.0 Å². The second-order valence-electron chi connectivity index (χ2n) is 9.25. The van der Waals surface area contributed by atoms with Crippen LogP contribution in [0.25, 0.3) is 11.2 Å². The van der Waals surface area contributed by atoms with Gasteiger partial charge in [0.15, 0.2) is 11.5 Å². The highest BCUT2D eigenvalue weighted by atomic mass is 28.4. The number of para-hydroxylation sites is 1. The topological polar surface area (TPSA) is 78.9 Å². The van der Waals surface area contributed by atoms with Gasteiger partial charge in [0.05, 0.1) is 6.33 Å². The minimum Gasteiger partial charge on any atom is -0.543 e. The lowest BCUT2D eigenvalue weighted by Gasteiger charge is -2.38. The van der Waals surface area contributed by atoms with Gasteiger partial charge in [-0.25, -0.2) is 15.0 Å². The van der Waals surface area contributed by atoms with E-state index < -0.39 is 8.32 Å². The standard InChI is InChI=1S/C22H33N5OSi/c1-8-17(27-14-26-19-20(23)24-13-25-21(19)27)15(2)16-11-9-10-12-18(16)28-29(6,7)22(3,4)5/h9-15,17H,8H2,1-7H3,(H2,23,24,25)/t15-,17+/m0/s1. The van der Waals surface area contributed by atoms with Crippen LogP contribution in [0.1, 0.15) is 58.6 Å². The Bertz CT molecular complexity index is 992. The third-order valence-corrected chi connectivity index (χ3v) is 10.7. The smallest absolute Gasteiger partial charge is 0.250 e. The molecule has 3 rings (SSSR count). The first-order valence-corrected chi connectivity index (χ1v) is 13.2. The van der Waals surface area contributed by atoms with Gasteiger partial charge < -0.3 is 14.7 Å². The number of benzene rings is 1. The Labute approximate surface area is 174 Å². The molecular weight excluding hydrogens is 378 g/mol. The van der Waals surface area contributed by atoms with E-state index in [2.05, 4.69) is 91.5 Å². The largest absolute Gasteiger partial charge is 0.543 e. The first-order valence-electron chi connectivity index (χ1n) is 10.3. The summed E-state index contributed by atoms with van der Waals surface area (Å²) in [6.07, 6.45) is 4.27. The number of imidazole rings is 1. The van der Waals surface area contributed by atoms with Crippen LogP contribution in [-0.4, -0.2) is 27.8 Å². The summed E-state index contributed by atoms with van der Waals surface area (Å²) in [5.41, 5.74) is 8.64. The first kappa shape index (κ1) is 21.3. The summed E-state index contributed by atoms with van der Waals surface area (Å²) in [6, 6.07) is 8.60. The maximum atomic E-state index is 6.71. The van der Waals surface area contributed by atoms with Crippen LogP contribution < -0.4 is 10.2 Å². The molecule has 0 saturated heterocycles. The van der Waals surface area contributed by atoms with E-state index in [0.29, 0.717) is 11.3 Å². The maximum Gasteiger partial charge on any atom is 0.250 e. The van der Waals surface area contributed by atoms with E-state index in [4.69, 9.17) is 10.2 Å². The van der Waals surface area contributed by atoms with Gasteiger partial charge in [-0.2, -0.15) is 0 Å². The van der Waals surface area contributed by atoms with E-state index in [1.807, 2.05) is 6.33 Å². The van der Waals surface area contributed by atoms with Crippen molar-refractivity contribution in [3.63, 3.8) is 0 Å². The quantitative estimate of drug-likeness (QED) is 0.538. The third kappa shape index (κ3) is 4.01. The van der Waals surface area contributed by atoms with Crippen molar-refractivity contribution in [1.29, 1.82) is 0 Å². The zero-order chi connectivity index (χ0) is 21.4. The van der Waals surface area contributed by atoms with Crippen molar-refractivity contribution in [3.05, 3.63) is 42.5 Å². The molecule has 0 fully saturated rings. The molecule has 2 aromatic heterocycles. The Hall–Kier alpha value is -2.41. The van der Waals surface area contributed by atoms with E-state index in [9.17, 15) is 0 Å². The summed E-state index contributed by atoms with van der Waals surface area (Å²) in [7, 11) is -1.94. The average Bonchev–Trinajstić information content (AvgIpc) is 3.07. The van der Waals surface area contributed by atoms with Crippen molar-refractivity contribution in [3.8, 4) is 5.75 Å². The van der Waals surface area contributed by atoms with Crippen molar-refractivity contribution in [1.82, 2.24) is 19.5 Å². The number of anilines is 1. The highest BCUT2D eigenvalue weighted by molar-refractivity contribution is 6.74. The molecule has 1 aromatic carbocycles. The van der Waals surface area contributed by atoms with E-state index in [1.165, 1.54) is 11.9 Å². The molecule has 0 spiro atoms. The lowest BCUT2D eigenvalue weighted by molar-refractivity contribution is 0.412. The maximum absolute atomic E-state index is 6.71. The predicted molar refractivity (Wildman–Crippen MR) is 122 cm³/mol. The van der Waals surface area contributed by atoms with Gasteiger partial charge in [0.2, 0.25) is 8.32 Å². The average molecular weight is 412 g/mol. The van der Waals surface area contributed by atoms with Gasteiger partial charge in [0.1, 0.15) is 17.6 Å². The number of aromatic nitrogens is 4. The molecule has 29 heavy (non-hydrogen) atoms. The first-order chi connectivity index (χ1) is 13.6. The minimum absolute atomic E-state index is 0.141. The van der Waals surface area contributed by atoms with Crippen LogP contribution in [0, 0.1) is 0 Å². The molecule has 0 aliphatic carbocycles. The minimum atomic E-state index is -1.94. The van der Waals surface area contributed by atoms with Crippen molar-refractivity contribution < 1.29 is 4.43 Å². The fraction of sp³-hybridized carbons (Fsp3) is 0.500. The van der Waals surface area contributed by atoms with Crippen LogP contribution in [0.3, 0.4) is 0 Å². The predicted octanol–water partition coefficient (Wildman–Crippen LogP) is 5.55. The van der Waals surface area contributed by atoms with Crippen molar-refractivity contribution in [2.24, 2.45) is 0 Å². The van der Waals surface area contributed by atoms with Crippen LogP contribution in [-0.2, 0) is 0 Å². The number of rotatable bonds is 6. The molecule has 0 unspecified atom stereocenters. The van der Waals surface area contributed by atoms with Crippen molar-refractivity contribution in [2.45, 2.75) is 71.1 Å². The van der Waals surface area contributed by atoms with Crippen molar-refractivity contribution >= 4 is 25.3 Å². The molecule has 0 saturated carbocycles. The number of hydrogen-bond donors (Lipinski definition) is 1. The third-order valence-electron chi connectivity index (χ3n) is 6.32. The Morgan fingerprint density at radius 3 is 2.48 bits per heavy atom. The van der Waals surface area contributed by atoms with E-state index in [0.717, 1.165) is 17.8 Å². The van der Waals surface area contributed by atoms with Crippen LogP contribution in [0.4, 0.5) is 5.82 Å². The summed E-state index contributed by atoms with van der Waals surface area (Å²) in [5, 5.41) is 0.141.